The Morgan fingerprint density at radius 1 is 1.50 bits per heavy atom. The topological polar surface area (TPSA) is 26.3 Å². The summed E-state index contributed by atoms with van der Waals surface area (Å²) >= 11 is 0. The second kappa shape index (κ2) is 7.50. The van der Waals surface area contributed by atoms with E-state index in [0.29, 0.717) is 23.1 Å². The third-order valence-corrected chi connectivity index (χ3v) is 2.06. The van der Waals surface area contributed by atoms with Crippen LogP contribution in [0.4, 0.5) is 0 Å². The maximum atomic E-state index is 10.8. The Balaban J connectivity index is 0. The van der Waals surface area contributed by atoms with Crippen LogP contribution < -0.4 is 12.4 Å². The van der Waals surface area contributed by atoms with Crippen LogP contribution in [0.25, 0.3) is 0 Å². The van der Waals surface area contributed by atoms with Gasteiger partial charge in [0.25, 0.3) is 0 Å². The molecule has 0 aliphatic carbocycles. The van der Waals surface area contributed by atoms with Crippen LogP contribution in [-0.4, -0.2) is 30.8 Å². The molecule has 0 bridgehead atoms. The Hall–Kier alpha value is -0.150. The lowest BCUT2D eigenvalue weighted by Crippen LogP contribution is -3.00. The summed E-state index contributed by atoms with van der Waals surface area (Å²) in [6.45, 7) is 5.65. The van der Waals surface area contributed by atoms with Crippen LogP contribution in [0.2, 0.25) is 0 Å². The number of rotatable bonds is 4. The van der Waals surface area contributed by atoms with Crippen molar-refractivity contribution in [2.24, 2.45) is 0 Å². The van der Waals surface area contributed by atoms with Gasteiger partial charge in [0.05, 0.1) is 12.5 Å². The van der Waals surface area contributed by atoms with Crippen LogP contribution >= 0.6 is 0 Å². The van der Waals surface area contributed by atoms with Crippen molar-refractivity contribution >= 4 is 16.9 Å². The molecule has 0 aliphatic rings. The lowest BCUT2D eigenvalue weighted by Gasteiger charge is -2.01. The third kappa shape index (κ3) is 7.95. The smallest absolute Gasteiger partial charge is 0.333 e. The van der Waals surface area contributed by atoms with Crippen molar-refractivity contribution in [2.75, 3.05) is 24.9 Å². The molecule has 0 aliphatic heterocycles. The van der Waals surface area contributed by atoms with E-state index in [0.717, 1.165) is 5.75 Å². The molecule has 2 nitrogen and oxygen atoms in total. The zero-order valence-corrected chi connectivity index (χ0v) is 9.30. The van der Waals surface area contributed by atoms with Gasteiger partial charge < -0.3 is 17.1 Å². The molecule has 0 unspecified atom stereocenters. The van der Waals surface area contributed by atoms with Crippen molar-refractivity contribution in [1.29, 1.82) is 0 Å². The average Bonchev–Trinajstić information content (AvgIpc) is 1.86. The minimum Gasteiger partial charge on any atom is -1.00 e. The van der Waals surface area contributed by atoms with E-state index >= 15 is 0 Å². The van der Waals surface area contributed by atoms with Gasteiger partial charge in [0.1, 0.15) is 12.4 Å². The van der Waals surface area contributed by atoms with E-state index in [1.54, 1.807) is 6.92 Å². The summed E-state index contributed by atoms with van der Waals surface area (Å²) in [4.78, 5) is 10.8. The van der Waals surface area contributed by atoms with Gasteiger partial charge in [0.15, 0.2) is 0 Å². The fraction of sp³-hybridized carbons (Fsp3) is 0.625. The van der Waals surface area contributed by atoms with Gasteiger partial charge in [-0.25, -0.2) is 4.79 Å². The van der Waals surface area contributed by atoms with Crippen LogP contribution in [0.3, 0.4) is 0 Å². The van der Waals surface area contributed by atoms with Crippen molar-refractivity contribution in [3.05, 3.63) is 12.2 Å². The summed E-state index contributed by atoms with van der Waals surface area (Å²) < 4.78 is 4.88. The molecule has 0 aromatic heterocycles. The highest BCUT2D eigenvalue weighted by atomic mass is 35.5. The van der Waals surface area contributed by atoms with Gasteiger partial charge in [-0.15, -0.1) is 0 Å². The highest BCUT2D eigenvalue weighted by molar-refractivity contribution is 7.95. The van der Waals surface area contributed by atoms with Crippen molar-refractivity contribution in [2.45, 2.75) is 6.92 Å². The summed E-state index contributed by atoms with van der Waals surface area (Å²) in [7, 11) is 0.348. The van der Waals surface area contributed by atoms with Crippen LogP contribution in [0.15, 0.2) is 12.2 Å². The summed E-state index contributed by atoms with van der Waals surface area (Å²) in [5.41, 5.74) is 0.470. The van der Waals surface area contributed by atoms with Gasteiger partial charge in [-0.1, -0.05) is 6.58 Å². The summed E-state index contributed by atoms with van der Waals surface area (Å²) in [5.74, 6) is 0.661. The Labute approximate surface area is 83.1 Å². The van der Waals surface area contributed by atoms with Crippen LogP contribution in [0.1, 0.15) is 6.92 Å². The number of esters is 1. The zero-order valence-electron chi connectivity index (χ0n) is 7.72. The number of ether oxygens (including phenoxy) is 1. The van der Waals surface area contributed by atoms with Gasteiger partial charge in [0.2, 0.25) is 0 Å². The minimum atomic E-state index is -0.282. The van der Waals surface area contributed by atoms with E-state index in [1.807, 2.05) is 0 Å². The van der Waals surface area contributed by atoms with Gasteiger partial charge >= 0.3 is 5.97 Å². The van der Waals surface area contributed by atoms with Crippen molar-refractivity contribution in [3.8, 4) is 0 Å². The number of carbonyl (C=O) groups is 1. The molecule has 0 spiro atoms. The lowest BCUT2D eigenvalue weighted by atomic mass is 10.4. The molecule has 12 heavy (non-hydrogen) atoms. The molecule has 0 atom stereocenters. The van der Waals surface area contributed by atoms with E-state index in [2.05, 4.69) is 19.1 Å². The molecular formula is C8H15ClO2S. The Bertz CT molecular complexity index is 157. The zero-order chi connectivity index (χ0) is 8.85. The molecule has 0 saturated heterocycles. The predicted molar refractivity (Wildman–Crippen MR) is 49.9 cm³/mol. The number of hydrogen-bond donors (Lipinski definition) is 0. The highest BCUT2D eigenvalue weighted by Crippen LogP contribution is 1.92. The minimum absolute atomic E-state index is 0. The second-order valence-electron chi connectivity index (χ2n) is 2.61. The van der Waals surface area contributed by atoms with Crippen LogP contribution in [0.5, 0.6) is 0 Å². The van der Waals surface area contributed by atoms with E-state index in [9.17, 15) is 4.79 Å². The molecule has 0 amide bonds. The molecule has 0 radical (unpaired) electrons. The Morgan fingerprint density at radius 3 is 2.33 bits per heavy atom. The molecule has 4 heteroatoms. The maximum absolute atomic E-state index is 10.8. The largest absolute Gasteiger partial charge is 1.00 e. The first kappa shape index (κ1) is 14.4. The normalized spacial score (nSPS) is 9.00. The SMILES string of the molecule is C=C(C)C(=O)OCC[S+](C)C.[Cl-]. The lowest BCUT2D eigenvalue weighted by molar-refractivity contribution is -0.138. The molecule has 72 valence electrons. The monoisotopic (exact) mass is 210 g/mol. The summed E-state index contributed by atoms with van der Waals surface area (Å²) in [6, 6.07) is 0. The van der Waals surface area contributed by atoms with E-state index < -0.39 is 0 Å². The first-order chi connectivity index (χ1) is 5.04. The number of carbonyl (C=O) groups excluding carboxylic acids is 1. The number of halogens is 1. The highest BCUT2D eigenvalue weighted by Gasteiger charge is 2.06. The average molecular weight is 211 g/mol. The molecule has 0 fully saturated rings. The second-order valence-corrected chi connectivity index (χ2v) is 4.99. The maximum Gasteiger partial charge on any atom is 0.333 e. The summed E-state index contributed by atoms with van der Waals surface area (Å²) in [6.07, 6.45) is 4.24. The van der Waals surface area contributed by atoms with Crippen molar-refractivity contribution < 1.29 is 21.9 Å². The summed E-state index contributed by atoms with van der Waals surface area (Å²) in [5, 5.41) is 0. The molecular weight excluding hydrogens is 196 g/mol. The Kier molecular flexibility index (Phi) is 8.98. The van der Waals surface area contributed by atoms with E-state index in [1.165, 1.54) is 0 Å². The molecule has 0 N–H and O–H groups in total. The van der Waals surface area contributed by atoms with Crippen LogP contribution in [0, 0.1) is 0 Å². The first-order valence-electron chi connectivity index (χ1n) is 3.41. The third-order valence-electron chi connectivity index (χ3n) is 1.07. The number of hydrogen-bond acceptors (Lipinski definition) is 2. The quantitative estimate of drug-likeness (QED) is 0.305. The fourth-order valence-corrected chi connectivity index (χ4v) is 0.841. The molecule has 0 saturated carbocycles. The molecule has 0 heterocycles. The van der Waals surface area contributed by atoms with E-state index in [-0.39, 0.29) is 18.4 Å². The van der Waals surface area contributed by atoms with Gasteiger partial charge in [0, 0.05) is 5.57 Å². The Morgan fingerprint density at radius 2 is 2.00 bits per heavy atom. The van der Waals surface area contributed by atoms with Crippen molar-refractivity contribution in [3.63, 3.8) is 0 Å². The van der Waals surface area contributed by atoms with Crippen LogP contribution in [-0.2, 0) is 20.4 Å². The standard InChI is InChI=1S/C8H15O2S.ClH/c1-7(2)8(9)10-5-6-11(3)4;/h1,5-6H2,2-4H3;1H/q+1;/p-1. The van der Waals surface area contributed by atoms with Crippen molar-refractivity contribution in [1.82, 2.24) is 0 Å². The van der Waals surface area contributed by atoms with Gasteiger partial charge in [-0.2, -0.15) is 0 Å². The fourth-order valence-electron chi connectivity index (χ4n) is 0.424. The van der Waals surface area contributed by atoms with E-state index in [4.69, 9.17) is 4.74 Å². The first-order valence-corrected chi connectivity index (χ1v) is 5.62. The predicted octanol–water partition coefficient (Wildman–Crippen LogP) is -2.01. The molecule has 0 aromatic carbocycles. The molecule has 0 aromatic rings. The van der Waals surface area contributed by atoms with Gasteiger partial charge in [-0.3, -0.25) is 0 Å². The molecule has 0 rings (SSSR count). The van der Waals surface area contributed by atoms with Gasteiger partial charge in [-0.05, 0) is 17.8 Å².